The highest BCUT2D eigenvalue weighted by molar-refractivity contribution is 5.95. The van der Waals surface area contributed by atoms with Crippen LogP contribution in [-0.2, 0) is 0 Å². The first-order valence-corrected chi connectivity index (χ1v) is 11.6. The number of nitro groups is 1. The molecule has 0 bridgehead atoms. The van der Waals surface area contributed by atoms with Gasteiger partial charge in [0.2, 0.25) is 5.95 Å². The first-order valence-electron chi connectivity index (χ1n) is 11.6. The lowest BCUT2D eigenvalue weighted by atomic mass is 10.1. The Morgan fingerprint density at radius 2 is 1.53 bits per heavy atom. The monoisotopic (exact) mass is 479 g/mol. The van der Waals surface area contributed by atoms with Gasteiger partial charge in [0.1, 0.15) is 0 Å². The van der Waals surface area contributed by atoms with Crippen molar-refractivity contribution in [3.63, 3.8) is 0 Å². The van der Waals surface area contributed by atoms with Crippen molar-refractivity contribution in [3.05, 3.63) is 94.5 Å². The van der Waals surface area contributed by atoms with Crippen molar-refractivity contribution in [1.29, 1.82) is 0 Å². The van der Waals surface area contributed by atoms with E-state index in [1.54, 1.807) is 22.6 Å². The van der Waals surface area contributed by atoms with Crippen molar-refractivity contribution < 1.29 is 9.72 Å². The Morgan fingerprint density at radius 3 is 2.31 bits per heavy atom. The number of rotatable bonds is 4. The summed E-state index contributed by atoms with van der Waals surface area (Å²) in [5, 5.41) is 21.4. The number of hydrogen-bond donors (Lipinski definition) is 0. The maximum absolute atomic E-state index is 12.9. The maximum Gasteiger partial charge on any atom is 0.280 e. The van der Waals surface area contributed by atoms with Crippen LogP contribution in [0, 0.1) is 10.1 Å². The van der Waals surface area contributed by atoms with Crippen LogP contribution >= 0.6 is 0 Å². The summed E-state index contributed by atoms with van der Waals surface area (Å²) in [6, 6.07) is 23.4. The Balaban J connectivity index is 1.43. The average molecular weight is 480 g/mol. The van der Waals surface area contributed by atoms with Gasteiger partial charge in [-0.05, 0) is 30.3 Å². The number of fused-ring (bicyclic) bond motifs is 3. The van der Waals surface area contributed by atoms with Gasteiger partial charge in [-0.15, -0.1) is 10.2 Å². The summed E-state index contributed by atoms with van der Waals surface area (Å²) in [5.74, 6) is 0.943. The zero-order valence-corrected chi connectivity index (χ0v) is 19.2. The van der Waals surface area contributed by atoms with Gasteiger partial charge in [-0.1, -0.05) is 42.5 Å². The molecule has 10 heteroatoms. The van der Waals surface area contributed by atoms with E-state index >= 15 is 0 Å². The van der Waals surface area contributed by atoms with Crippen LogP contribution in [0.1, 0.15) is 10.4 Å². The van der Waals surface area contributed by atoms with Crippen LogP contribution in [-0.4, -0.2) is 61.5 Å². The van der Waals surface area contributed by atoms with Crippen molar-refractivity contribution >= 4 is 34.1 Å². The number of aromatic nitrogens is 4. The molecule has 0 radical (unpaired) electrons. The van der Waals surface area contributed by atoms with Crippen molar-refractivity contribution in [3.8, 4) is 11.4 Å². The molecule has 10 nitrogen and oxygen atoms in total. The van der Waals surface area contributed by atoms with Crippen LogP contribution in [0.3, 0.4) is 0 Å². The van der Waals surface area contributed by atoms with Gasteiger partial charge >= 0.3 is 0 Å². The zero-order chi connectivity index (χ0) is 24.6. The molecule has 1 amide bonds. The van der Waals surface area contributed by atoms with E-state index in [-0.39, 0.29) is 11.6 Å². The van der Waals surface area contributed by atoms with E-state index < -0.39 is 4.92 Å². The number of carbonyl (C=O) groups excluding carboxylic acids is 1. The van der Waals surface area contributed by atoms with Gasteiger partial charge in [-0.3, -0.25) is 14.9 Å². The van der Waals surface area contributed by atoms with Crippen LogP contribution in [0.15, 0.2) is 78.9 Å². The first-order chi connectivity index (χ1) is 17.6. The number of para-hydroxylation sites is 2. The molecule has 36 heavy (non-hydrogen) atoms. The summed E-state index contributed by atoms with van der Waals surface area (Å²) in [5.41, 5.74) is 2.31. The maximum atomic E-state index is 12.9. The minimum absolute atomic E-state index is 0.00300. The molecule has 0 aliphatic carbocycles. The fourth-order valence-corrected chi connectivity index (χ4v) is 4.65. The second-order valence-corrected chi connectivity index (χ2v) is 8.53. The molecule has 0 atom stereocenters. The third kappa shape index (κ3) is 3.59. The minimum Gasteiger partial charge on any atom is -0.338 e. The van der Waals surface area contributed by atoms with E-state index in [1.165, 1.54) is 6.07 Å². The van der Waals surface area contributed by atoms with Crippen LogP contribution in [0.25, 0.3) is 27.9 Å². The summed E-state index contributed by atoms with van der Waals surface area (Å²) in [6.07, 6.45) is 0. The van der Waals surface area contributed by atoms with Gasteiger partial charge < -0.3 is 9.80 Å². The average Bonchev–Trinajstić information content (AvgIpc) is 3.38. The summed E-state index contributed by atoms with van der Waals surface area (Å²) in [7, 11) is 0. The van der Waals surface area contributed by atoms with Crippen LogP contribution in [0.2, 0.25) is 0 Å². The Bertz CT molecular complexity index is 1610. The quantitative estimate of drug-likeness (QED) is 0.285. The number of piperazine rings is 1. The Kier molecular flexibility index (Phi) is 5.25. The molecular weight excluding hydrogens is 458 g/mol. The predicted octanol–water partition coefficient (Wildman–Crippen LogP) is 3.82. The van der Waals surface area contributed by atoms with E-state index in [1.807, 2.05) is 59.5 Å². The molecule has 2 aromatic heterocycles. The van der Waals surface area contributed by atoms with Gasteiger partial charge in [-0.2, -0.15) is 0 Å². The van der Waals surface area contributed by atoms with E-state index in [4.69, 9.17) is 4.98 Å². The highest BCUT2D eigenvalue weighted by Gasteiger charge is 2.28. The van der Waals surface area contributed by atoms with Gasteiger partial charge in [0, 0.05) is 43.2 Å². The predicted molar refractivity (Wildman–Crippen MR) is 135 cm³/mol. The highest BCUT2D eigenvalue weighted by Crippen LogP contribution is 2.33. The van der Waals surface area contributed by atoms with E-state index in [9.17, 15) is 14.9 Å². The van der Waals surface area contributed by atoms with Crippen molar-refractivity contribution in [2.75, 3.05) is 31.1 Å². The number of carbonyl (C=O) groups is 1. The molecule has 0 saturated carbocycles. The smallest absolute Gasteiger partial charge is 0.280 e. The lowest BCUT2D eigenvalue weighted by molar-refractivity contribution is -0.384. The molecule has 0 unspecified atom stereocenters. The molecule has 1 saturated heterocycles. The van der Waals surface area contributed by atoms with Crippen LogP contribution < -0.4 is 4.90 Å². The molecule has 1 aliphatic rings. The Hall–Kier alpha value is -4.86. The minimum atomic E-state index is -0.418. The molecule has 6 rings (SSSR count). The number of anilines is 1. The summed E-state index contributed by atoms with van der Waals surface area (Å²) < 4.78 is 1.79. The summed E-state index contributed by atoms with van der Waals surface area (Å²) in [4.78, 5) is 33.1. The number of amides is 1. The standard InChI is InChI=1S/C26H21N7O3/c34-25(18-8-2-1-3-9-18)30-14-16-31(17-15-30)26-27-21-12-6-4-10-19(21)23-28-29-24(32(23)26)20-11-5-7-13-22(20)33(35)36/h1-13H,14-17H2. The lowest BCUT2D eigenvalue weighted by Crippen LogP contribution is -2.49. The molecule has 0 spiro atoms. The number of nitrogens with zero attached hydrogens (tertiary/aromatic N) is 7. The normalized spacial score (nSPS) is 13.9. The van der Waals surface area contributed by atoms with Gasteiger partial charge in [0.25, 0.3) is 11.6 Å². The summed E-state index contributed by atoms with van der Waals surface area (Å²) >= 11 is 0. The molecule has 1 aliphatic heterocycles. The number of hydrogen-bond acceptors (Lipinski definition) is 7. The van der Waals surface area contributed by atoms with E-state index in [0.717, 1.165) is 10.9 Å². The fraction of sp³-hybridized carbons (Fsp3) is 0.154. The molecule has 0 N–H and O–H groups in total. The lowest BCUT2D eigenvalue weighted by Gasteiger charge is -2.35. The van der Waals surface area contributed by atoms with Crippen molar-refractivity contribution in [2.24, 2.45) is 0 Å². The first kappa shape index (κ1) is 21.7. The second-order valence-electron chi connectivity index (χ2n) is 8.53. The van der Waals surface area contributed by atoms with Gasteiger partial charge in [-0.25, -0.2) is 9.38 Å². The Morgan fingerprint density at radius 1 is 0.833 bits per heavy atom. The van der Waals surface area contributed by atoms with Crippen molar-refractivity contribution in [2.45, 2.75) is 0 Å². The topological polar surface area (TPSA) is 110 Å². The highest BCUT2D eigenvalue weighted by atomic mass is 16.6. The van der Waals surface area contributed by atoms with E-state index in [0.29, 0.717) is 54.7 Å². The zero-order valence-electron chi connectivity index (χ0n) is 19.2. The second kappa shape index (κ2) is 8.73. The molecule has 3 heterocycles. The fourth-order valence-electron chi connectivity index (χ4n) is 4.65. The third-order valence-electron chi connectivity index (χ3n) is 6.44. The SMILES string of the molecule is O=C(c1ccccc1)N1CCN(c2nc3ccccc3c3nnc(-c4ccccc4[N+](=O)[O-])n23)CC1. The van der Waals surface area contributed by atoms with Crippen LogP contribution in [0.5, 0.6) is 0 Å². The molecule has 178 valence electrons. The summed E-state index contributed by atoms with van der Waals surface area (Å²) in [6.45, 7) is 2.14. The molecule has 1 fully saturated rings. The van der Waals surface area contributed by atoms with Gasteiger partial charge in [0.05, 0.1) is 16.0 Å². The van der Waals surface area contributed by atoms with Crippen LogP contribution in [0.4, 0.5) is 11.6 Å². The molecular formula is C26H21N7O3. The van der Waals surface area contributed by atoms with Crippen molar-refractivity contribution in [1.82, 2.24) is 24.5 Å². The third-order valence-corrected chi connectivity index (χ3v) is 6.44. The Labute approximate surface area is 205 Å². The number of benzene rings is 3. The van der Waals surface area contributed by atoms with E-state index in [2.05, 4.69) is 15.1 Å². The number of nitro benzene ring substituents is 1. The largest absolute Gasteiger partial charge is 0.338 e. The molecule has 5 aromatic rings. The molecule has 3 aromatic carbocycles. The van der Waals surface area contributed by atoms with Gasteiger partial charge in [0.15, 0.2) is 11.5 Å².